The fraction of sp³-hybridized carbons (Fsp3) is 0.462. The van der Waals surface area contributed by atoms with Crippen molar-refractivity contribution in [3.8, 4) is 0 Å². The standard InChI is InChI=1S/C13H18N4O2S/c1-16(2)7-4-8-17-12-10(5-3-6-14-12)15-13(17)20-9-11(18)19/h3,5-6H,4,7-9H2,1-2H3,(H,18,19). The van der Waals surface area contributed by atoms with Gasteiger partial charge in [0.05, 0.1) is 5.75 Å². The Morgan fingerprint density at radius 2 is 2.30 bits per heavy atom. The maximum Gasteiger partial charge on any atom is 0.313 e. The molecular formula is C13H18N4O2S. The summed E-state index contributed by atoms with van der Waals surface area (Å²) in [6, 6.07) is 3.74. The van der Waals surface area contributed by atoms with Gasteiger partial charge in [-0.2, -0.15) is 0 Å². The predicted molar refractivity (Wildman–Crippen MR) is 79.1 cm³/mol. The van der Waals surface area contributed by atoms with E-state index in [1.165, 1.54) is 11.8 Å². The van der Waals surface area contributed by atoms with Crippen molar-refractivity contribution < 1.29 is 9.90 Å². The summed E-state index contributed by atoms with van der Waals surface area (Å²) in [5.74, 6) is -0.827. The molecule has 0 bridgehead atoms. The minimum atomic E-state index is -0.838. The average molecular weight is 294 g/mol. The van der Waals surface area contributed by atoms with Crippen LogP contribution in [0.5, 0.6) is 0 Å². The highest BCUT2D eigenvalue weighted by Gasteiger charge is 2.13. The molecule has 2 aromatic rings. The zero-order chi connectivity index (χ0) is 14.5. The summed E-state index contributed by atoms with van der Waals surface area (Å²) in [5.41, 5.74) is 1.63. The smallest absolute Gasteiger partial charge is 0.313 e. The first-order valence-electron chi connectivity index (χ1n) is 6.38. The van der Waals surface area contributed by atoms with Gasteiger partial charge in [0.1, 0.15) is 5.52 Å². The molecule has 0 saturated carbocycles. The molecule has 2 aromatic heterocycles. The highest BCUT2D eigenvalue weighted by molar-refractivity contribution is 7.99. The molecule has 0 atom stereocenters. The molecule has 0 spiro atoms. The van der Waals surface area contributed by atoms with E-state index in [4.69, 9.17) is 5.11 Å². The maximum atomic E-state index is 10.7. The van der Waals surface area contributed by atoms with E-state index in [1.54, 1.807) is 6.20 Å². The van der Waals surface area contributed by atoms with E-state index in [0.717, 1.165) is 35.8 Å². The zero-order valence-electron chi connectivity index (χ0n) is 11.6. The van der Waals surface area contributed by atoms with Gasteiger partial charge in [0.25, 0.3) is 0 Å². The van der Waals surface area contributed by atoms with Crippen molar-refractivity contribution in [3.63, 3.8) is 0 Å². The van der Waals surface area contributed by atoms with Crippen LogP contribution < -0.4 is 0 Å². The molecule has 1 N–H and O–H groups in total. The average Bonchev–Trinajstić information content (AvgIpc) is 2.74. The number of pyridine rings is 1. The quantitative estimate of drug-likeness (QED) is 0.781. The first kappa shape index (κ1) is 14.8. The van der Waals surface area contributed by atoms with E-state index in [9.17, 15) is 4.79 Å². The topological polar surface area (TPSA) is 71.2 Å². The number of carbonyl (C=O) groups is 1. The summed E-state index contributed by atoms with van der Waals surface area (Å²) in [4.78, 5) is 21.7. The van der Waals surface area contributed by atoms with E-state index < -0.39 is 5.97 Å². The first-order chi connectivity index (χ1) is 9.58. The largest absolute Gasteiger partial charge is 0.481 e. The van der Waals surface area contributed by atoms with Crippen LogP contribution in [0.15, 0.2) is 23.5 Å². The number of aromatic nitrogens is 3. The molecule has 0 amide bonds. The molecular weight excluding hydrogens is 276 g/mol. The Kier molecular flexibility index (Phi) is 4.97. The normalized spacial score (nSPS) is 11.3. The summed E-state index contributed by atoms with van der Waals surface area (Å²) in [6.45, 7) is 1.75. The maximum absolute atomic E-state index is 10.7. The molecule has 7 heteroatoms. The molecule has 0 unspecified atom stereocenters. The number of fused-ring (bicyclic) bond motifs is 1. The Hall–Kier alpha value is -1.60. The van der Waals surface area contributed by atoms with E-state index in [1.807, 2.05) is 30.8 Å². The second kappa shape index (κ2) is 6.71. The van der Waals surface area contributed by atoms with Crippen LogP contribution in [0.3, 0.4) is 0 Å². The van der Waals surface area contributed by atoms with Gasteiger partial charge < -0.3 is 14.6 Å². The van der Waals surface area contributed by atoms with Crippen molar-refractivity contribution in [2.45, 2.75) is 18.1 Å². The van der Waals surface area contributed by atoms with Crippen LogP contribution >= 0.6 is 11.8 Å². The van der Waals surface area contributed by atoms with Gasteiger partial charge in [-0.25, -0.2) is 9.97 Å². The molecule has 0 aliphatic rings. The lowest BCUT2D eigenvalue weighted by Crippen LogP contribution is -2.15. The van der Waals surface area contributed by atoms with Crippen molar-refractivity contribution in [3.05, 3.63) is 18.3 Å². The lowest BCUT2D eigenvalue weighted by atomic mass is 10.4. The lowest BCUT2D eigenvalue weighted by molar-refractivity contribution is -0.133. The third-order valence-electron chi connectivity index (χ3n) is 2.78. The third-order valence-corrected chi connectivity index (χ3v) is 3.74. The summed E-state index contributed by atoms with van der Waals surface area (Å²) >= 11 is 1.24. The van der Waals surface area contributed by atoms with E-state index in [2.05, 4.69) is 14.9 Å². The molecule has 20 heavy (non-hydrogen) atoms. The van der Waals surface area contributed by atoms with Gasteiger partial charge in [-0.05, 0) is 39.2 Å². The van der Waals surface area contributed by atoms with Crippen LogP contribution in [-0.4, -0.2) is 56.9 Å². The number of hydrogen-bond acceptors (Lipinski definition) is 5. The Labute approximate surface area is 121 Å². The minimum absolute atomic E-state index is 0.0109. The van der Waals surface area contributed by atoms with Gasteiger partial charge in [0.15, 0.2) is 10.8 Å². The second-order valence-corrected chi connectivity index (χ2v) is 5.67. The van der Waals surface area contributed by atoms with Gasteiger partial charge in [-0.1, -0.05) is 11.8 Å². The fourth-order valence-electron chi connectivity index (χ4n) is 1.92. The molecule has 2 heterocycles. The van der Waals surface area contributed by atoms with Gasteiger partial charge in [-0.3, -0.25) is 4.79 Å². The van der Waals surface area contributed by atoms with Gasteiger partial charge in [-0.15, -0.1) is 0 Å². The predicted octanol–water partition coefficient (Wildman–Crippen LogP) is 1.56. The number of aliphatic carboxylic acids is 1. The van der Waals surface area contributed by atoms with Crippen molar-refractivity contribution in [1.82, 2.24) is 19.4 Å². The van der Waals surface area contributed by atoms with Crippen LogP contribution in [0.4, 0.5) is 0 Å². The number of carboxylic acids is 1. The van der Waals surface area contributed by atoms with Crippen LogP contribution in [0, 0.1) is 0 Å². The Balaban J connectivity index is 2.22. The number of hydrogen-bond donors (Lipinski definition) is 1. The number of nitrogens with zero attached hydrogens (tertiary/aromatic N) is 4. The Morgan fingerprint density at radius 3 is 3.00 bits per heavy atom. The Bertz CT molecular complexity index is 597. The molecule has 2 rings (SSSR count). The SMILES string of the molecule is CN(C)CCCn1c(SCC(=O)O)nc2cccnc21. The van der Waals surface area contributed by atoms with E-state index in [-0.39, 0.29) is 5.75 Å². The number of carboxylic acid groups (broad SMARTS) is 1. The molecule has 0 radical (unpaired) electrons. The highest BCUT2D eigenvalue weighted by atomic mass is 32.2. The second-order valence-electron chi connectivity index (χ2n) is 4.73. The molecule has 0 fully saturated rings. The van der Waals surface area contributed by atoms with Gasteiger partial charge in [0.2, 0.25) is 0 Å². The van der Waals surface area contributed by atoms with Gasteiger partial charge in [0, 0.05) is 12.7 Å². The number of rotatable bonds is 7. The number of thioether (sulfide) groups is 1. The van der Waals surface area contributed by atoms with Crippen LogP contribution in [0.2, 0.25) is 0 Å². The first-order valence-corrected chi connectivity index (χ1v) is 7.37. The molecule has 0 saturated heterocycles. The van der Waals surface area contributed by atoms with Crippen molar-refractivity contribution in [2.24, 2.45) is 0 Å². The van der Waals surface area contributed by atoms with Crippen molar-refractivity contribution in [2.75, 3.05) is 26.4 Å². The van der Waals surface area contributed by atoms with Gasteiger partial charge >= 0.3 is 5.97 Å². The fourth-order valence-corrected chi connectivity index (χ4v) is 2.67. The van der Waals surface area contributed by atoms with Crippen LogP contribution in [0.25, 0.3) is 11.2 Å². The molecule has 0 aromatic carbocycles. The van der Waals surface area contributed by atoms with E-state index in [0.29, 0.717) is 0 Å². The molecule has 6 nitrogen and oxygen atoms in total. The lowest BCUT2D eigenvalue weighted by Gasteiger charge is -2.11. The van der Waals surface area contributed by atoms with Crippen LogP contribution in [0.1, 0.15) is 6.42 Å². The minimum Gasteiger partial charge on any atom is -0.481 e. The summed E-state index contributed by atoms with van der Waals surface area (Å²) < 4.78 is 2.01. The molecule has 108 valence electrons. The summed E-state index contributed by atoms with van der Waals surface area (Å²) in [5, 5.41) is 9.53. The van der Waals surface area contributed by atoms with E-state index >= 15 is 0 Å². The molecule has 0 aliphatic heterocycles. The van der Waals surface area contributed by atoms with Crippen molar-refractivity contribution in [1.29, 1.82) is 0 Å². The summed E-state index contributed by atoms with van der Waals surface area (Å²) in [7, 11) is 4.06. The monoisotopic (exact) mass is 294 g/mol. The number of imidazole rings is 1. The third kappa shape index (κ3) is 3.71. The Morgan fingerprint density at radius 1 is 1.50 bits per heavy atom. The molecule has 0 aliphatic carbocycles. The van der Waals surface area contributed by atoms with Crippen LogP contribution in [-0.2, 0) is 11.3 Å². The highest BCUT2D eigenvalue weighted by Crippen LogP contribution is 2.22. The summed E-state index contributed by atoms with van der Waals surface area (Å²) in [6.07, 6.45) is 2.70. The zero-order valence-corrected chi connectivity index (χ0v) is 12.4. The number of aryl methyl sites for hydroxylation is 1. The van der Waals surface area contributed by atoms with Crippen molar-refractivity contribution >= 4 is 28.9 Å².